The molecule has 1 aromatic rings. The van der Waals surface area contributed by atoms with Crippen molar-refractivity contribution >= 4 is 29.7 Å². The second kappa shape index (κ2) is 12.9. The number of phenols is 1. The standard InChI is InChI=1S/C24H34N4O8/c1-13(2)20(23(34)28-11-3-4-18(28)24(35)36)27-22(33)17(12-14-5-7-15(29)8-6-14)26-21(32)16(25)9-10-19(30)31/h5-8,13,16-18,20,29H,3-4,9-12,25H2,1-2H3,(H,26,32)(H,27,33)(H,30,31)(H,35,36). The number of carboxylic acid groups (broad SMARTS) is 2. The first-order valence-corrected chi connectivity index (χ1v) is 11.8. The molecule has 1 aromatic carbocycles. The zero-order valence-corrected chi connectivity index (χ0v) is 20.3. The van der Waals surface area contributed by atoms with Gasteiger partial charge in [0.15, 0.2) is 0 Å². The van der Waals surface area contributed by atoms with Gasteiger partial charge in [0.2, 0.25) is 17.7 Å². The van der Waals surface area contributed by atoms with Crippen molar-refractivity contribution in [1.29, 1.82) is 0 Å². The van der Waals surface area contributed by atoms with Crippen LogP contribution in [0.25, 0.3) is 0 Å². The molecule has 4 unspecified atom stereocenters. The molecule has 7 N–H and O–H groups in total. The number of nitrogens with one attached hydrogen (secondary N) is 2. The Hall–Kier alpha value is -3.67. The highest BCUT2D eigenvalue weighted by Crippen LogP contribution is 2.20. The van der Waals surface area contributed by atoms with Gasteiger partial charge >= 0.3 is 11.9 Å². The van der Waals surface area contributed by atoms with Crippen LogP contribution in [0.5, 0.6) is 5.75 Å². The molecule has 12 heteroatoms. The number of hydrogen-bond acceptors (Lipinski definition) is 7. The molecule has 1 fully saturated rings. The van der Waals surface area contributed by atoms with Gasteiger partial charge in [0, 0.05) is 19.4 Å². The van der Waals surface area contributed by atoms with E-state index >= 15 is 0 Å². The average Bonchev–Trinajstić information content (AvgIpc) is 3.31. The average molecular weight is 507 g/mol. The first kappa shape index (κ1) is 28.6. The Kier molecular flexibility index (Phi) is 10.2. The molecule has 1 saturated heterocycles. The molecule has 198 valence electrons. The van der Waals surface area contributed by atoms with Crippen LogP contribution in [0.15, 0.2) is 24.3 Å². The van der Waals surface area contributed by atoms with Gasteiger partial charge in [-0.15, -0.1) is 0 Å². The Morgan fingerprint density at radius 1 is 1.06 bits per heavy atom. The molecule has 1 heterocycles. The number of amides is 3. The molecule has 1 aliphatic heterocycles. The van der Waals surface area contributed by atoms with Crippen molar-refractivity contribution in [2.24, 2.45) is 11.7 Å². The number of nitrogens with zero attached hydrogens (tertiary/aromatic N) is 1. The Labute approximate surface area is 208 Å². The molecule has 2 rings (SSSR count). The second-order valence-electron chi connectivity index (χ2n) is 9.23. The second-order valence-corrected chi connectivity index (χ2v) is 9.23. The summed E-state index contributed by atoms with van der Waals surface area (Å²) in [6.45, 7) is 3.69. The molecule has 3 amide bonds. The van der Waals surface area contributed by atoms with Gasteiger partial charge in [0.1, 0.15) is 23.9 Å². The lowest BCUT2D eigenvalue weighted by Crippen LogP contribution is -2.59. The number of phenolic OH excluding ortho intramolecular Hbond substituents is 1. The van der Waals surface area contributed by atoms with E-state index in [4.69, 9.17) is 10.8 Å². The first-order valence-electron chi connectivity index (χ1n) is 11.8. The number of likely N-dealkylation sites (tertiary alicyclic amines) is 1. The highest BCUT2D eigenvalue weighted by Gasteiger charge is 2.39. The molecule has 36 heavy (non-hydrogen) atoms. The van der Waals surface area contributed by atoms with Crippen LogP contribution in [0.4, 0.5) is 0 Å². The van der Waals surface area contributed by atoms with E-state index in [9.17, 15) is 34.2 Å². The van der Waals surface area contributed by atoms with Crippen LogP contribution in [0, 0.1) is 5.92 Å². The van der Waals surface area contributed by atoms with E-state index in [1.165, 1.54) is 17.0 Å². The molecular formula is C24H34N4O8. The van der Waals surface area contributed by atoms with Crippen molar-refractivity contribution in [3.63, 3.8) is 0 Å². The van der Waals surface area contributed by atoms with Crippen LogP contribution in [-0.4, -0.2) is 80.6 Å². The van der Waals surface area contributed by atoms with Gasteiger partial charge < -0.3 is 36.6 Å². The molecule has 0 saturated carbocycles. The summed E-state index contributed by atoms with van der Waals surface area (Å²) in [6, 6.07) is 1.65. The van der Waals surface area contributed by atoms with Gasteiger partial charge in [-0.05, 0) is 42.9 Å². The van der Waals surface area contributed by atoms with E-state index < -0.39 is 53.8 Å². The van der Waals surface area contributed by atoms with E-state index in [0.29, 0.717) is 18.4 Å². The van der Waals surface area contributed by atoms with E-state index in [-0.39, 0.29) is 37.5 Å². The van der Waals surface area contributed by atoms with Crippen LogP contribution in [0.3, 0.4) is 0 Å². The number of carboxylic acids is 2. The minimum Gasteiger partial charge on any atom is -0.508 e. The van der Waals surface area contributed by atoms with Gasteiger partial charge in [-0.2, -0.15) is 0 Å². The molecule has 0 aromatic heterocycles. The minimum atomic E-state index is -1.17. The maximum Gasteiger partial charge on any atom is 0.326 e. The molecule has 0 aliphatic carbocycles. The van der Waals surface area contributed by atoms with Gasteiger partial charge in [-0.25, -0.2) is 4.79 Å². The number of carbonyl (C=O) groups is 5. The molecule has 0 radical (unpaired) electrons. The summed E-state index contributed by atoms with van der Waals surface area (Å²) in [5.74, 6) is -4.51. The van der Waals surface area contributed by atoms with Crippen LogP contribution < -0.4 is 16.4 Å². The van der Waals surface area contributed by atoms with Crippen molar-refractivity contribution in [2.75, 3.05) is 6.54 Å². The Bertz CT molecular complexity index is 965. The summed E-state index contributed by atoms with van der Waals surface area (Å²) in [5.41, 5.74) is 6.40. The van der Waals surface area contributed by atoms with E-state index in [2.05, 4.69) is 10.6 Å². The summed E-state index contributed by atoms with van der Waals surface area (Å²) in [6.07, 6.45) is 0.411. The maximum atomic E-state index is 13.3. The number of benzene rings is 1. The SMILES string of the molecule is CC(C)C(NC(=O)C(Cc1ccc(O)cc1)NC(=O)C(N)CCC(=O)O)C(=O)N1CCCC1C(=O)O. The van der Waals surface area contributed by atoms with E-state index in [1.54, 1.807) is 26.0 Å². The number of nitrogens with two attached hydrogens (primary N) is 1. The fraction of sp³-hybridized carbons (Fsp3) is 0.542. The lowest BCUT2D eigenvalue weighted by Gasteiger charge is -2.31. The molecule has 12 nitrogen and oxygen atoms in total. The number of rotatable bonds is 12. The van der Waals surface area contributed by atoms with Crippen molar-refractivity contribution in [2.45, 2.75) is 70.1 Å². The predicted molar refractivity (Wildman–Crippen MR) is 128 cm³/mol. The van der Waals surface area contributed by atoms with E-state index in [1.807, 2.05) is 0 Å². The number of aromatic hydroxyl groups is 1. The highest BCUT2D eigenvalue weighted by atomic mass is 16.4. The van der Waals surface area contributed by atoms with Crippen molar-refractivity contribution < 1.29 is 39.3 Å². The zero-order chi connectivity index (χ0) is 27.0. The van der Waals surface area contributed by atoms with Crippen LogP contribution in [0.2, 0.25) is 0 Å². The van der Waals surface area contributed by atoms with Gasteiger partial charge in [-0.3, -0.25) is 19.2 Å². The lowest BCUT2D eigenvalue weighted by atomic mass is 9.99. The third-order valence-electron chi connectivity index (χ3n) is 6.07. The normalized spacial score (nSPS) is 17.8. The highest BCUT2D eigenvalue weighted by molar-refractivity contribution is 5.94. The Balaban J connectivity index is 2.22. The first-order chi connectivity index (χ1) is 16.9. The number of aliphatic carboxylic acids is 2. The molecular weight excluding hydrogens is 472 g/mol. The smallest absolute Gasteiger partial charge is 0.326 e. The molecule has 0 bridgehead atoms. The zero-order valence-electron chi connectivity index (χ0n) is 20.3. The third-order valence-corrected chi connectivity index (χ3v) is 6.07. The lowest BCUT2D eigenvalue weighted by molar-refractivity contribution is -0.150. The molecule has 1 aliphatic rings. The summed E-state index contributed by atoms with van der Waals surface area (Å²) >= 11 is 0. The summed E-state index contributed by atoms with van der Waals surface area (Å²) in [5, 5.41) is 33.0. The molecule has 0 spiro atoms. The largest absolute Gasteiger partial charge is 0.508 e. The van der Waals surface area contributed by atoms with Crippen LogP contribution in [0.1, 0.15) is 45.1 Å². The minimum absolute atomic E-state index is 0.00394. The Morgan fingerprint density at radius 3 is 2.25 bits per heavy atom. The monoisotopic (exact) mass is 506 g/mol. The maximum absolute atomic E-state index is 13.3. The molecule has 4 atom stereocenters. The topological polar surface area (TPSA) is 199 Å². The van der Waals surface area contributed by atoms with Crippen LogP contribution in [-0.2, 0) is 30.4 Å². The predicted octanol–water partition coefficient (Wildman–Crippen LogP) is -0.172. The number of hydrogen-bond donors (Lipinski definition) is 6. The van der Waals surface area contributed by atoms with Crippen molar-refractivity contribution in [3.05, 3.63) is 29.8 Å². The third kappa shape index (κ3) is 7.94. The van der Waals surface area contributed by atoms with Gasteiger partial charge in [0.25, 0.3) is 0 Å². The summed E-state index contributed by atoms with van der Waals surface area (Å²) in [7, 11) is 0. The van der Waals surface area contributed by atoms with Crippen molar-refractivity contribution in [1.82, 2.24) is 15.5 Å². The van der Waals surface area contributed by atoms with Crippen molar-refractivity contribution in [3.8, 4) is 5.75 Å². The van der Waals surface area contributed by atoms with Gasteiger partial charge in [0.05, 0.1) is 6.04 Å². The van der Waals surface area contributed by atoms with Gasteiger partial charge in [-0.1, -0.05) is 26.0 Å². The quantitative estimate of drug-likeness (QED) is 0.223. The van der Waals surface area contributed by atoms with Crippen LogP contribution >= 0.6 is 0 Å². The fourth-order valence-electron chi connectivity index (χ4n) is 4.00. The Morgan fingerprint density at radius 2 is 1.69 bits per heavy atom. The van der Waals surface area contributed by atoms with E-state index in [0.717, 1.165) is 0 Å². The summed E-state index contributed by atoms with van der Waals surface area (Å²) < 4.78 is 0. The summed E-state index contributed by atoms with van der Waals surface area (Å²) in [4.78, 5) is 62.7. The fourth-order valence-corrected chi connectivity index (χ4v) is 4.00. The number of carbonyl (C=O) groups excluding carboxylic acids is 3.